The molecular formula is C15H31NO4. The number of ether oxygens (including phenoxy) is 1. The van der Waals surface area contributed by atoms with Crippen LogP contribution in [0.3, 0.4) is 0 Å². The largest absolute Gasteiger partial charge is 0.394 e. The van der Waals surface area contributed by atoms with E-state index < -0.39 is 6.10 Å². The Hall–Kier alpha value is -0.650. The summed E-state index contributed by atoms with van der Waals surface area (Å²) in [5.41, 5.74) is -0.0652. The molecule has 0 aliphatic heterocycles. The average Bonchev–Trinajstić information content (AvgIpc) is 2.25. The quantitative estimate of drug-likeness (QED) is 0.562. The molecule has 5 nitrogen and oxygen atoms in total. The number of rotatable bonds is 9. The van der Waals surface area contributed by atoms with E-state index in [4.69, 9.17) is 14.9 Å². The van der Waals surface area contributed by atoms with Crippen molar-refractivity contribution in [2.45, 2.75) is 65.5 Å². The Morgan fingerprint density at radius 3 is 2.15 bits per heavy atom. The molecule has 0 saturated carbocycles. The second kappa shape index (κ2) is 8.60. The molecule has 120 valence electrons. The van der Waals surface area contributed by atoms with Gasteiger partial charge in [0, 0.05) is 18.6 Å². The van der Waals surface area contributed by atoms with Gasteiger partial charge in [0.25, 0.3) is 0 Å². The molecule has 0 aromatic heterocycles. The summed E-state index contributed by atoms with van der Waals surface area (Å²) < 4.78 is 5.22. The van der Waals surface area contributed by atoms with Crippen molar-refractivity contribution in [3.63, 3.8) is 0 Å². The van der Waals surface area contributed by atoms with Gasteiger partial charge in [0.05, 0.1) is 13.2 Å². The van der Waals surface area contributed by atoms with E-state index in [-0.39, 0.29) is 30.1 Å². The van der Waals surface area contributed by atoms with Crippen LogP contribution in [0.1, 0.15) is 53.9 Å². The number of nitrogens with one attached hydrogen (secondary N) is 1. The minimum atomic E-state index is -0.546. The Morgan fingerprint density at radius 1 is 1.15 bits per heavy atom. The second-order valence-electron chi connectivity index (χ2n) is 7.13. The normalized spacial score (nSPS) is 12.8. The number of aliphatic hydroxyl groups is 2. The monoisotopic (exact) mass is 289 g/mol. The van der Waals surface area contributed by atoms with Crippen LogP contribution < -0.4 is 5.32 Å². The van der Waals surface area contributed by atoms with Gasteiger partial charge in [-0.1, -0.05) is 20.8 Å². The van der Waals surface area contributed by atoms with Crippen molar-refractivity contribution in [1.82, 2.24) is 5.32 Å². The molecule has 0 aliphatic rings. The molecule has 20 heavy (non-hydrogen) atoms. The fraction of sp³-hybridized carbons (Fsp3) is 0.933. The topological polar surface area (TPSA) is 78.8 Å². The van der Waals surface area contributed by atoms with Gasteiger partial charge in [0.15, 0.2) is 0 Å². The highest BCUT2D eigenvalue weighted by molar-refractivity contribution is 5.76. The maximum Gasteiger partial charge on any atom is 0.220 e. The fourth-order valence-electron chi connectivity index (χ4n) is 2.46. The van der Waals surface area contributed by atoms with E-state index in [0.717, 1.165) is 6.42 Å². The van der Waals surface area contributed by atoms with Gasteiger partial charge >= 0.3 is 0 Å². The molecule has 0 atom stereocenters. The Morgan fingerprint density at radius 2 is 1.70 bits per heavy atom. The highest BCUT2D eigenvalue weighted by Crippen LogP contribution is 2.26. The van der Waals surface area contributed by atoms with Crippen LogP contribution >= 0.6 is 0 Å². The van der Waals surface area contributed by atoms with Crippen molar-refractivity contribution in [3.8, 4) is 0 Å². The molecule has 0 fully saturated rings. The van der Waals surface area contributed by atoms with E-state index in [2.05, 4.69) is 26.1 Å². The predicted molar refractivity (Wildman–Crippen MR) is 79.4 cm³/mol. The zero-order chi connectivity index (χ0) is 15.8. The summed E-state index contributed by atoms with van der Waals surface area (Å²) in [6.07, 6.45) is 1.32. The van der Waals surface area contributed by atoms with E-state index in [0.29, 0.717) is 19.4 Å². The van der Waals surface area contributed by atoms with E-state index in [1.807, 2.05) is 13.8 Å². The number of aliphatic hydroxyl groups excluding tert-OH is 2. The summed E-state index contributed by atoms with van der Waals surface area (Å²) in [7, 11) is 0. The first-order chi connectivity index (χ1) is 9.09. The third kappa shape index (κ3) is 10.2. The molecule has 0 bridgehead atoms. The van der Waals surface area contributed by atoms with Crippen LogP contribution in [0.15, 0.2) is 0 Å². The van der Waals surface area contributed by atoms with Gasteiger partial charge in [-0.2, -0.15) is 0 Å². The van der Waals surface area contributed by atoms with Crippen LogP contribution in [-0.4, -0.2) is 47.6 Å². The molecule has 0 rings (SSSR count). The lowest BCUT2D eigenvalue weighted by atomic mass is 9.82. The molecule has 0 aromatic rings. The third-order valence-electron chi connectivity index (χ3n) is 2.76. The Balaban J connectivity index is 3.94. The van der Waals surface area contributed by atoms with Crippen molar-refractivity contribution in [3.05, 3.63) is 0 Å². The molecule has 0 aliphatic carbocycles. The molecular weight excluding hydrogens is 258 g/mol. The summed E-state index contributed by atoms with van der Waals surface area (Å²) >= 11 is 0. The second-order valence-corrected chi connectivity index (χ2v) is 7.13. The number of hydrogen-bond acceptors (Lipinski definition) is 4. The van der Waals surface area contributed by atoms with E-state index in [9.17, 15) is 4.79 Å². The number of carbonyl (C=O) groups excluding carboxylic acids is 1. The van der Waals surface area contributed by atoms with Crippen LogP contribution in [0, 0.1) is 5.41 Å². The predicted octanol–water partition coefficient (Wildman–Crippen LogP) is 1.47. The van der Waals surface area contributed by atoms with Gasteiger partial charge < -0.3 is 20.3 Å². The maximum absolute atomic E-state index is 11.9. The molecule has 0 saturated heterocycles. The molecule has 0 aromatic carbocycles. The lowest BCUT2D eigenvalue weighted by Gasteiger charge is -2.33. The number of amides is 1. The number of hydrogen-bond donors (Lipinski definition) is 3. The van der Waals surface area contributed by atoms with Crippen molar-refractivity contribution < 1.29 is 19.7 Å². The molecule has 0 spiro atoms. The first-order valence-corrected chi connectivity index (χ1v) is 7.24. The molecule has 1 amide bonds. The van der Waals surface area contributed by atoms with E-state index in [1.165, 1.54) is 0 Å². The van der Waals surface area contributed by atoms with Crippen LogP contribution in [-0.2, 0) is 9.53 Å². The summed E-state index contributed by atoms with van der Waals surface area (Å²) in [5, 5.41) is 20.7. The minimum Gasteiger partial charge on any atom is -0.394 e. The molecule has 0 heterocycles. The Labute approximate surface area is 122 Å². The standard InChI is InChI=1S/C15H31NO4/c1-14(2,3)11-15(4,5)16-13(19)7-6-8-20-12(9-17)10-18/h12,17-18H,6-11H2,1-5H3,(H,16,19). The first kappa shape index (κ1) is 19.4. The van der Waals surface area contributed by atoms with E-state index in [1.54, 1.807) is 0 Å². The minimum absolute atomic E-state index is 0.00685. The first-order valence-electron chi connectivity index (χ1n) is 7.24. The highest BCUT2D eigenvalue weighted by atomic mass is 16.5. The molecule has 0 unspecified atom stereocenters. The summed E-state index contributed by atoms with van der Waals surface area (Å²) in [6.45, 7) is 10.5. The average molecular weight is 289 g/mol. The third-order valence-corrected chi connectivity index (χ3v) is 2.76. The Bertz CT molecular complexity index is 280. The fourth-order valence-corrected chi connectivity index (χ4v) is 2.46. The number of carbonyl (C=O) groups is 1. The molecule has 5 heteroatoms. The smallest absolute Gasteiger partial charge is 0.220 e. The molecule has 3 N–H and O–H groups in total. The van der Waals surface area contributed by atoms with Crippen molar-refractivity contribution in [1.29, 1.82) is 0 Å². The van der Waals surface area contributed by atoms with Gasteiger partial charge in [0.2, 0.25) is 5.91 Å². The summed E-state index contributed by atoms with van der Waals surface area (Å²) in [5.74, 6) is 0.00685. The zero-order valence-corrected chi connectivity index (χ0v) is 13.5. The van der Waals surface area contributed by atoms with Gasteiger partial charge in [-0.3, -0.25) is 4.79 Å². The highest BCUT2D eigenvalue weighted by Gasteiger charge is 2.26. The lowest BCUT2D eigenvalue weighted by molar-refractivity contribution is -0.123. The van der Waals surface area contributed by atoms with Crippen molar-refractivity contribution >= 4 is 5.91 Å². The van der Waals surface area contributed by atoms with Gasteiger partial charge in [-0.05, 0) is 32.1 Å². The van der Waals surface area contributed by atoms with Crippen LogP contribution in [0.4, 0.5) is 0 Å². The maximum atomic E-state index is 11.9. The Kier molecular flexibility index (Phi) is 8.32. The van der Waals surface area contributed by atoms with Crippen LogP contribution in [0.5, 0.6) is 0 Å². The van der Waals surface area contributed by atoms with Gasteiger partial charge in [-0.25, -0.2) is 0 Å². The van der Waals surface area contributed by atoms with Crippen molar-refractivity contribution in [2.75, 3.05) is 19.8 Å². The molecule has 0 radical (unpaired) electrons. The van der Waals surface area contributed by atoms with Crippen LogP contribution in [0.2, 0.25) is 0 Å². The van der Waals surface area contributed by atoms with Crippen LogP contribution in [0.25, 0.3) is 0 Å². The summed E-state index contributed by atoms with van der Waals surface area (Å²) in [6, 6.07) is 0. The zero-order valence-electron chi connectivity index (χ0n) is 13.5. The van der Waals surface area contributed by atoms with Crippen molar-refractivity contribution in [2.24, 2.45) is 5.41 Å². The lowest BCUT2D eigenvalue weighted by Crippen LogP contribution is -2.45. The summed E-state index contributed by atoms with van der Waals surface area (Å²) in [4.78, 5) is 11.9. The van der Waals surface area contributed by atoms with Gasteiger partial charge in [-0.15, -0.1) is 0 Å². The van der Waals surface area contributed by atoms with Gasteiger partial charge in [0.1, 0.15) is 6.10 Å². The SMILES string of the molecule is CC(C)(C)CC(C)(C)NC(=O)CCCOC(CO)CO. The van der Waals surface area contributed by atoms with E-state index >= 15 is 0 Å².